The third-order valence-electron chi connectivity index (χ3n) is 10.2. The molecule has 8 nitrogen and oxygen atoms in total. The molecule has 3 heterocycles. The fourth-order valence-corrected chi connectivity index (χ4v) is 7.94. The van der Waals surface area contributed by atoms with Crippen molar-refractivity contribution in [2.75, 3.05) is 44.7 Å². The highest BCUT2D eigenvalue weighted by Crippen LogP contribution is 2.56. The van der Waals surface area contributed by atoms with Gasteiger partial charge in [-0.3, -0.25) is 9.69 Å². The minimum absolute atomic E-state index is 0.0183. The summed E-state index contributed by atoms with van der Waals surface area (Å²) >= 11 is 6.53. The Morgan fingerprint density at radius 2 is 2.00 bits per heavy atom. The fourth-order valence-electron chi connectivity index (χ4n) is 7.67. The smallest absolute Gasteiger partial charge is 0.318 e. The molecule has 0 saturated carbocycles. The van der Waals surface area contributed by atoms with E-state index in [1.165, 1.54) is 4.90 Å². The molecule has 1 spiro atoms. The maximum absolute atomic E-state index is 17.0. The summed E-state index contributed by atoms with van der Waals surface area (Å²) in [4.78, 5) is 27.7. The number of hydrogen-bond donors (Lipinski definition) is 0. The highest BCUT2D eigenvalue weighted by molar-refractivity contribution is 6.31. The summed E-state index contributed by atoms with van der Waals surface area (Å²) in [5.74, 6) is -0.863. The van der Waals surface area contributed by atoms with Gasteiger partial charge in [0.1, 0.15) is 12.4 Å². The van der Waals surface area contributed by atoms with Crippen molar-refractivity contribution in [2.24, 2.45) is 5.92 Å². The number of ether oxygens (including phenoxy) is 1. The number of halogens is 3. The lowest BCUT2D eigenvalue weighted by atomic mass is 9.68. The van der Waals surface area contributed by atoms with Crippen molar-refractivity contribution in [1.29, 1.82) is 5.26 Å². The molecule has 4 aliphatic rings. The Morgan fingerprint density at radius 3 is 2.70 bits per heavy atom. The average Bonchev–Trinajstić information content (AvgIpc) is 3.53. The maximum atomic E-state index is 17.0. The molecule has 0 bridgehead atoms. The number of nitrogens with zero attached hydrogens (tertiary/aromatic N) is 6. The van der Waals surface area contributed by atoms with Crippen molar-refractivity contribution < 1.29 is 18.3 Å². The molecule has 2 aliphatic carbocycles. The van der Waals surface area contributed by atoms with E-state index in [0.29, 0.717) is 61.3 Å². The molecule has 6 rings (SSSR count). The van der Waals surface area contributed by atoms with Gasteiger partial charge in [0.15, 0.2) is 12.0 Å². The Labute approximate surface area is 256 Å². The molecule has 11 heteroatoms. The topological polar surface area (TPSA) is 85.6 Å². The second kappa shape index (κ2) is 11.7. The zero-order valence-corrected chi connectivity index (χ0v) is 25.4. The summed E-state index contributed by atoms with van der Waals surface area (Å²) in [6, 6.07) is 7.60. The van der Waals surface area contributed by atoms with E-state index in [2.05, 4.69) is 31.5 Å². The van der Waals surface area contributed by atoms with Crippen LogP contribution in [0.5, 0.6) is 6.01 Å². The van der Waals surface area contributed by atoms with Crippen molar-refractivity contribution in [3.05, 3.63) is 58.0 Å². The maximum Gasteiger partial charge on any atom is 0.318 e. The van der Waals surface area contributed by atoms with Gasteiger partial charge < -0.3 is 14.5 Å². The van der Waals surface area contributed by atoms with Crippen molar-refractivity contribution in [1.82, 2.24) is 19.8 Å². The monoisotopic (exact) mass is 610 g/mol. The number of likely N-dealkylation sites (N-methyl/N-ethyl adjacent to an activating group) is 1. The van der Waals surface area contributed by atoms with Gasteiger partial charge in [-0.1, -0.05) is 37.2 Å². The molecule has 1 aromatic heterocycles. The van der Waals surface area contributed by atoms with Gasteiger partial charge in [0.2, 0.25) is 0 Å². The van der Waals surface area contributed by atoms with Crippen LogP contribution >= 0.6 is 11.6 Å². The summed E-state index contributed by atoms with van der Waals surface area (Å²) in [7, 11) is 2.07. The van der Waals surface area contributed by atoms with Crippen LogP contribution in [0.4, 0.5) is 14.6 Å². The first-order valence-electron chi connectivity index (χ1n) is 15.1. The molecular weight excluding hydrogens is 574 g/mol. The van der Waals surface area contributed by atoms with E-state index in [1.54, 1.807) is 0 Å². The van der Waals surface area contributed by atoms with Crippen LogP contribution in [-0.2, 0) is 23.1 Å². The van der Waals surface area contributed by atoms with E-state index in [4.69, 9.17) is 26.3 Å². The Hall–Kier alpha value is -3.29. The number of amides is 1. The number of nitriles is 1. The van der Waals surface area contributed by atoms with Gasteiger partial charge in [-0.25, -0.2) is 8.78 Å². The van der Waals surface area contributed by atoms with E-state index in [1.807, 2.05) is 23.1 Å². The molecule has 2 aliphatic heterocycles. The number of fused-ring (bicyclic) bond motifs is 3. The minimum Gasteiger partial charge on any atom is -0.462 e. The van der Waals surface area contributed by atoms with E-state index in [9.17, 15) is 14.4 Å². The predicted octanol–water partition coefficient (Wildman–Crippen LogP) is 5.10. The molecule has 0 N–H and O–H groups in total. The Morgan fingerprint density at radius 1 is 1.23 bits per heavy atom. The lowest BCUT2D eigenvalue weighted by Gasteiger charge is -2.43. The first kappa shape index (κ1) is 29.8. The Kier molecular flexibility index (Phi) is 8.07. The van der Waals surface area contributed by atoms with Crippen LogP contribution in [0.2, 0.25) is 5.02 Å². The SMILES string of the molecule is C=C(F)C(=O)N1CCN(c2nc(OC[C@@H]3[C@@H](C)CCN3C)nc3c2CC[C@@]2(CCc4c(Cl)cccc42)[C@H]3F)C[C@@H]1CC#N. The number of rotatable bonds is 6. The van der Waals surface area contributed by atoms with Gasteiger partial charge in [-0.2, -0.15) is 15.2 Å². The Bertz CT molecular complexity index is 1470. The van der Waals surface area contributed by atoms with Gasteiger partial charge in [-0.15, -0.1) is 0 Å². The number of alkyl halides is 1. The largest absolute Gasteiger partial charge is 0.462 e. The molecule has 2 fully saturated rings. The molecule has 2 saturated heterocycles. The van der Waals surface area contributed by atoms with E-state index in [-0.39, 0.29) is 31.6 Å². The molecule has 5 atom stereocenters. The summed E-state index contributed by atoms with van der Waals surface area (Å²) in [5, 5.41) is 10.2. The molecular formula is C32H37ClF2N6O2. The number of hydrogen-bond acceptors (Lipinski definition) is 7. The number of likely N-dealkylation sites (tertiary alicyclic amines) is 1. The highest BCUT2D eigenvalue weighted by Gasteiger charge is 2.51. The first-order chi connectivity index (χ1) is 20.6. The Balaban J connectivity index is 1.37. The molecule has 1 amide bonds. The van der Waals surface area contributed by atoms with Crippen LogP contribution in [0.3, 0.4) is 0 Å². The zero-order valence-electron chi connectivity index (χ0n) is 24.7. The van der Waals surface area contributed by atoms with Crippen LogP contribution in [0, 0.1) is 17.2 Å². The number of carbonyl (C=O) groups is 1. The van der Waals surface area contributed by atoms with Crippen LogP contribution in [-0.4, -0.2) is 77.6 Å². The van der Waals surface area contributed by atoms with E-state index in [0.717, 1.165) is 29.7 Å². The zero-order chi connectivity index (χ0) is 30.5. The molecule has 0 unspecified atom stereocenters. The fraction of sp³-hybridized carbons (Fsp3) is 0.562. The van der Waals surface area contributed by atoms with Crippen molar-refractivity contribution >= 4 is 23.3 Å². The summed E-state index contributed by atoms with van der Waals surface area (Å²) in [6.07, 6.45) is 2.20. The van der Waals surface area contributed by atoms with Gasteiger partial charge in [0.05, 0.1) is 24.2 Å². The minimum atomic E-state index is -1.39. The van der Waals surface area contributed by atoms with Gasteiger partial charge >= 0.3 is 6.01 Å². The second-order valence-corrected chi connectivity index (χ2v) is 12.9. The van der Waals surface area contributed by atoms with Crippen LogP contribution < -0.4 is 9.64 Å². The molecule has 1 aromatic carbocycles. The van der Waals surface area contributed by atoms with E-state index >= 15 is 4.39 Å². The van der Waals surface area contributed by atoms with Crippen LogP contribution in [0.1, 0.15) is 61.2 Å². The van der Waals surface area contributed by atoms with Gasteiger partial charge in [0.25, 0.3) is 5.91 Å². The lowest BCUT2D eigenvalue weighted by molar-refractivity contribution is -0.131. The molecule has 0 radical (unpaired) electrons. The normalized spacial score (nSPS) is 28.5. The van der Waals surface area contributed by atoms with Crippen molar-refractivity contribution in [3.8, 4) is 12.1 Å². The molecule has 2 aromatic rings. The number of piperazine rings is 1. The average molecular weight is 611 g/mol. The standard InChI is InChI=1S/C32H37ClF2N6O2/c1-19-10-14-39(3)26(19)18-43-31-37-27-23(8-12-32(28(27)35)11-7-22-24(32)5-4-6-25(22)33)29(38-31)40-15-16-41(30(42)20(2)34)21(17-40)9-13-36/h4-6,19,21,26,28H,2,7-12,14-18H2,1,3H3/t19-,21-,26+,28-,32+/m0/s1. The lowest BCUT2D eigenvalue weighted by Crippen LogP contribution is -2.55. The summed E-state index contributed by atoms with van der Waals surface area (Å²) in [6.45, 7) is 7.49. The van der Waals surface area contributed by atoms with Crippen molar-refractivity contribution in [2.45, 2.75) is 69.1 Å². The van der Waals surface area contributed by atoms with Crippen molar-refractivity contribution in [3.63, 3.8) is 0 Å². The first-order valence-corrected chi connectivity index (χ1v) is 15.5. The molecule has 228 valence electrons. The number of carbonyl (C=O) groups excluding carboxylic acids is 1. The predicted molar refractivity (Wildman–Crippen MR) is 160 cm³/mol. The number of aromatic nitrogens is 2. The number of anilines is 1. The summed E-state index contributed by atoms with van der Waals surface area (Å²) < 4.78 is 37.1. The second-order valence-electron chi connectivity index (χ2n) is 12.5. The third-order valence-corrected chi connectivity index (χ3v) is 10.5. The summed E-state index contributed by atoms with van der Waals surface area (Å²) in [5.41, 5.74) is 2.28. The number of benzene rings is 1. The van der Waals surface area contributed by atoms with Crippen LogP contribution in [0.15, 0.2) is 30.6 Å². The van der Waals surface area contributed by atoms with Gasteiger partial charge in [0, 0.05) is 41.7 Å². The van der Waals surface area contributed by atoms with Gasteiger partial charge in [-0.05, 0) is 68.8 Å². The quantitative estimate of drug-likeness (QED) is 0.421. The molecule has 43 heavy (non-hydrogen) atoms. The van der Waals surface area contributed by atoms with E-state index < -0.39 is 29.4 Å². The third kappa shape index (κ3) is 5.14. The highest BCUT2D eigenvalue weighted by atomic mass is 35.5. The van der Waals surface area contributed by atoms with Crippen LogP contribution in [0.25, 0.3) is 0 Å².